The first-order chi connectivity index (χ1) is 17.7. The second kappa shape index (κ2) is 13.1. The van der Waals surface area contributed by atoms with Gasteiger partial charge in [-0.2, -0.15) is 0 Å². The minimum atomic E-state index is -0.826. The highest BCUT2D eigenvalue weighted by atomic mass is 16.5. The molecular formula is C26H38N6O5. The Morgan fingerprint density at radius 3 is 2.65 bits per heavy atom. The van der Waals surface area contributed by atoms with Gasteiger partial charge < -0.3 is 25.4 Å². The molecule has 11 heteroatoms. The molecule has 0 saturated heterocycles. The Morgan fingerprint density at radius 2 is 1.95 bits per heavy atom. The lowest BCUT2D eigenvalue weighted by molar-refractivity contribution is -0.131. The quantitative estimate of drug-likeness (QED) is 0.556. The molecule has 3 rings (SSSR count). The third kappa shape index (κ3) is 7.68. The molecule has 0 aliphatic carbocycles. The lowest BCUT2D eigenvalue weighted by atomic mass is 9.96. The molecule has 1 aliphatic rings. The van der Waals surface area contributed by atoms with E-state index in [0.29, 0.717) is 55.2 Å². The molecular weight excluding hydrogens is 476 g/mol. The Bertz CT molecular complexity index is 1090. The summed E-state index contributed by atoms with van der Waals surface area (Å²) >= 11 is 0. The number of benzene rings is 1. The molecule has 0 radical (unpaired) electrons. The van der Waals surface area contributed by atoms with Gasteiger partial charge in [-0.05, 0) is 36.5 Å². The number of amides is 3. The van der Waals surface area contributed by atoms with Crippen molar-refractivity contribution in [2.75, 3.05) is 13.7 Å². The first-order valence-corrected chi connectivity index (χ1v) is 12.8. The van der Waals surface area contributed by atoms with Crippen molar-refractivity contribution in [2.45, 2.75) is 72.1 Å². The molecule has 0 fully saturated rings. The summed E-state index contributed by atoms with van der Waals surface area (Å²) < 4.78 is 13.0. The molecule has 1 aliphatic heterocycles. The van der Waals surface area contributed by atoms with Gasteiger partial charge in [0.25, 0.3) is 5.91 Å². The van der Waals surface area contributed by atoms with Crippen LogP contribution in [0.3, 0.4) is 0 Å². The number of hydrogen-bond donors (Lipinski definition) is 3. The van der Waals surface area contributed by atoms with Crippen LogP contribution in [0.4, 0.5) is 0 Å². The summed E-state index contributed by atoms with van der Waals surface area (Å²) in [5.74, 6) is -0.191. The first-order valence-electron chi connectivity index (χ1n) is 12.8. The Morgan fingerprint density at radius 1 is 1.16 bits per heavy atom. The fourth-order valence-electron chi connectivity index (χ4n) is 4.06. The van der Waals surface area contributed by atoms with Crippen molar-refractivity contribution >= 4 is 17.7 Å². The molecule has 1 aromatic carbocycles. The van der Waals surface area contributed by atoms with Gasteiger partial charge in [0.1, 0.15) is 17.8 Å². The third-order valence-electron chi connectivity index (χ3n) is 6.37. The number of ether oxygens (including phenoxy) is 2. The number of carbonyl (C=O) groups is 3. The standard InChI is InChI=1S/C26H38N6O5/c1-6-17(4)23-26(35)28-20(12-16(2)3)25(34)27-14-19-15-32(31-30-19)10-7-11-37-22-13-18(24(33)29-23)8-9-21(22)36-5/h8-9,13,15-17,20,23H,6-7,10-12,14H2,1-5H3,(H,27,34)(H,28,35)(H,29,33)/t17-,20+,23-/m0/s1. The summed E-state index contributed by atoms with van der Waals surface area (Å²) in [6.45, 7) is 8.92. The van der Waals surface area contributed by atoms with Crippen LogP contribution in [0, 0.1) is 11.8 Å². The van der Waals surface area contributed by atoms with Crippen molar-refractivity contribution in [3.05, 3.63) is 35.7 Å². The molecule has 2 aromatic rings. The van der Waals surface area contributed by atoms with E-state index in [1.807, 2.05) is 27.7 Å². The van der Waals surface area contributed by atoms with E-state index >= 15 is 0 Å². The molecule has 2 heterocycles. The van der Waals surface area contributed by atoms with Gasteiger partial charge in [0.2, 0.25) is 11.8 Å². The van der Waals surface area contributed by atoms with Gasteiger partial charge in [0, 0.05) is 18.5 Å². The largest absolute Gasteiger partial charge is 0.493 e. The zero-order valence-electron chi connectivity index (χ0n) is 22.2. The lowest BCUT2D eigenvalue weighted by Crippen LogP contribution is -2.55. The van der Waals surface area contributed by atoms with Gasteiger partial charge in [0.15, 0.2) is 11.5 Å². The van der Waals surface area contributed by atoms with Crippen LogP contribution < -0.4 is 25.4 Å². The maximum atomic E-state index is 13.4. The zero-order valence-corrected chi connectivity index (χ0v) is 22.2. The van der Waals surface area contributed by atoms with E-state index in [1.54, 1.807) is 29.1 Å². The molecule has 37 heavy (non-hydrogen) atoms. The third-order valence-corrected chi connectivity index (χ3v) is 6.37. The van der Waals surface area contributed by atoms with E-state index in [0.717, 1.165) is 0 Å². The van der Waals surface area contributed by atoms with Crippen molar-refractivity contribution in [1.82, 2.24) is 30.9 Å². The zero-order chi connectivity index (χ0) is 26.9. The summed E-state index contributed by atoms with van der Waals surface area (Å²) in [6, 6.07) is 3.32. The Hall–Kier alpha value is -3.63. The molecule has 3 amide bonds. The van der Waals surface area contributed by atoms with E-state index in [2.05, 4.69) is 26.3 Å². The molecule has 11 nitrogen and oxygen atoms in total. The lowest BCUT2D eigenvalue weighted by Gasteiger charge is -2.27. The van der Waals surface area contributed by atoms with Gasteiger partial charge in [-0.25, -0.2) is 0 Å². The highest BCUT2D eigenvalue weighted by Gasteiger charge is 2.31. The number of carbonyl (C=O) groups excluding carboxylic acids is 3. The Labute approximate surface area is 217 Å². The smallest absolute Gasteiger partial charge is 0.252 e. The predicted molar refractivity (Wildman–Crippen MR) is 137 cm³/mol. The number of aromatic nitrogens is 3. The van der Waals surface area contributed by atoms with Gasteiger partial charge >= 0.3 is 0 Å². The topological polar surface area (TPSA) is 136 Å². The summed E-state index contributed by atoms with van der Waals surface area (Å²) in [5.41, 5.74) is 0.952. The second-order valence-electron chi connectivity index (χ2n) is 9.79. The molecule has 0 unspecified atom stereocenters. The van der Waals surface area contributed by atoms with Crippen molar-refractivity contribution in [2.24, 2.45) is 11.8 Å². The average molecular weight is 515 g/mol. The Balaban J connectivity index is 1.93. The van der Waals surface area contributed by atoms with Crippen LogP contribution in [0.1, 0.15) is 63.0 Å². The highest BCUT2D eigenvalue weighted by molar-refractivity contribution is 5.99. The van der Waals surface area contributed by atoms with Crippen LogP contribution >= 0.6 is 0 Å². The number of fused-ring (bicyclic) bond motifs is 4. The van der Waals surface area contributed by atoms with E-state index in [-0.39, 0.29) is 24.3 Å². The minimum Gasteiger partial charge on any atom is -0.493 e. The monoisotopic (exact) mass is 514 g/mol. The van der Waals surface area contributed by atoms with E-state index in [9.17, 15) is 14.4 Å². The van der Waals surface area contributed by atoms with Crippen LogP contribution in [0.15, 0.2) is 24.4 Å². The minimum absolute atomic E-state index is 0.160. The maximum Gasteiger partial charge on any atom is 0.252 e. The highest BCUT2D eigenvalue weighted by Crippen LogP contribution is 2.28. The first kappa shape index (κ1) is 27.9. The van der Waals surface area contributed by atoms with Gasteiger partial charge in [-0.3, -0.25) is 19.1 Å². The number of rotatable bonds is 5. The molecule has 0 spiro atoms. The molecule has 3 N–H and O–H groups in total. The average Bonchev–Trinajstić information content (AvgIpc) is 3.34. The number of nitrogens with zero attached hydrogens (tertiary/aromatic N) is 3. The number of methoxy groups -OCH3 is 1. The normalized spacial score (nSPS) is 20.4. The predicted octanol–water partition coefficient (Wildman–Crippen LogP) is 2.06. The van der Waals surface area contributed by atoms with E-state index < -0.39 is 23.9 Å². The van der Waals surface area contributed by atoms with Gasteiger partial charge in [-0.15, -0.1) is 5.10 Å². The van der Waals surface area contributed by atoms with E-state index in [1.165, 1.54) is 7.11 Å². The summed E-state index contributed by atoms with van der Waals surface area (Å²) in [6.07, 6.45) is 3.52. The molecule has 202 valence electrons. The number of aryl methyl sites for hydroxylation is 1. The van der Waals surface area contributed by atoms with Gasteiger partial charge in [0.05, 0.1) is 26.5 Å². The van der Waals surface area contributed by atoms with Crippen LogP contribution in [-0.2, 0) is 22.7 Å². The molecule has 4 bridgehead atoms. The summed E-state index contributed by atoms with van der Waals surface area (Å²) in [4.78, 5) is 39.6. The fourth-order valence-corrected chi connectivity index (χ4v) is 4.06. The van der Waals surface area contributed by atoms with Crippen LogP contribution in [0.2, 0.25) is 0 Å². The van der Waals surface area contributed by atoms with Crippen molar-refractivity contribution in [3.63, 3.8) is 0 Å². The number of hydrogen-bond acceptors (Lipinski definition) is 7. The molecule has 3 atom stereocenters. The van der Waals surface area contributed by atoms with Crippen LogP contribution in [0.5, 0.6) is 11.5 Å². The SMILES string of the molecule is CC[C@H](C)[C@@H]1NC(=O)c2ccc(OC)c(c2)OCCCn2cc(nn2)CNC(=O)[C@@H](CC(C)C)NC1=O. The van der Waals surface area contributed by atoms with Crippen LogP contribution in [-0.4, -0.2) is 58.5 Å². The molecule has 1 aromatic heterocycles. The Kier molecular flexibility index (Phi) is 9.87. The van der Waals surface area contributed by atoms with E-state index in [4.69, 9.17) is 9.47 Å². The van der Waals surface area contributed by atoms with Crippen LogP contribution in [0.25, 0.3) is 0 Å². The van der Waals surface area contributed by atoms with Crippen molar-refractivity contribution < 1.29 is 23.9 Å². The summed E-state index contributed by atoms with van der Waals surface area (Å²) in [5, 5.41) is 16.8. The van der Waals surface area contributed by atoms with Crippen molar-refractivity contribution in [1.29, 1.82) is 0 Å². The fraction of sp³-hybridized carbons (Fsp3) is 0.577. The number of nitrogens with one attached hydrogen (secondary N) is 3. The second-order valence-corrected chi connectivity index (χ2v) is 9.79. The maximum absolute atomic E-state index is 13.4. The van der Waals surface area contributed by atoms with Crippen molar-refractivity contribution in [3.8, 4) is 11.5 Å². The molecule has 0 saturated carbocycles. The van der Waals surface area contributed by atoms with Gasteiger partial charge in [-0.1, -0.05) is 39.3 Å². The summed E-state index contributed by atoms with van der Waals surface area (Å²) in [7, 11) is 1.53.